The zero-order chi connectivity index (χ0) is 19.7. The van der Waals surface area contributed by atoms with Crippen molar-refractivity contribution >= 4 is 26.7 Å². The van der Waals surface area contributed by atoms with E-state index in [1.54, 1.807) is 12.1 Å². The topological polar surface area (TPSA) is 77.9 Å². The summed E-state index contributed by atoms with van der Waals surface area (Å²) in [5.41, 5.74) is 0. The number of likely N-dealkylation sites (tertiary alicyclic amines) is 1. The molecule has 0 spiro atoms. The smallest absolute Gasteiger partial charge is 0.243 e. The first-order valence-electron chi connectivity index (χ1n) is 9.91. The average molecular weight is 403 g/mol. The van der Waals surface area contributed by atoms with E-state index in [1.807, 2.05) is 35.2 Å². The van der Waals surface area contributed by atoms with Gasteiger partial charge in [0.2, 0.25) is 15.9 Å². The van der Waals surface area contributed by atoms with Crippen LogP contribution in [0.4, 0.5) is 0 Å². The molecule has 2 aromatic rings. The maximum atomic E-state index is 13.0. The number of nitrogens with zero attached hydrogens (tertiary/aromatic N) is 2. The normalized spacial score (nSPS) is 20.5. The van der Waals surface area contributed by atoms with Crippen LogP contribution in [0.15, 0.2) is 47.4 Å². The third-order valence-electron chi connectivity index (χ3n) is 5.94. The quantitative estimate of drug-likeness (QED) is 0.854. The first-order chi connectivity index (χ1) is 13.4. The minimum absolute atomic E-state index is 0.106. The standard InChI is InChI=1S/C21H26N2O4S/c24-19-9-11-22(12-10-19)21(25)17-7-13-23(14-8-17)28(26,27)20-6-5-16-3-1-2-4-18(16)15-20/h1-6,15,17,19,24H,7-14H2. The zero-order valence-corrected chi connectivity index (χ0v) is 16.6. The average Bonchev–Trinajstić information content (AvgIpc) is 2.73. The Hall–Kier alpha value is -1.96. The van der Waals surface area contributed by atoms with E-state index in [-0.39, 0.29) is 17.9 Å². The Balaban J connectivity index is 1.42. The summed E-state index contributed by atoms with van der Waals surface area (Å²) in [5.74, 6) is -0.0204. The Labute approximate surface area is 165 Å². The van der Waals surface area contributed by atoms with Gasteiger partial charge in [-0.2, -0.15) is 4.31 Å². The van der Waals surface area contributed by atoms with E-state index in [2.05, 4.69) is 0 Å². The van der Waals surface area contributed by atoms with Crippen LogP contribution in [-0.4, -0.2) is 60.9 Å². The van der Waals surface area contributed by atoms with E-state index in [1.165, 1.54) is 4.31 Å². The van der Waals surface area contributed by atoms with Crippen molar-refractivity contribution in [2.45, 2.75) is 36.7 Å². The predicted octanol–water partition coefficient (Wildman–Crippen LogP) is 2.22. The number of amides is 1. The van der Waals surface area contributed by atoms with E-state index in [0.29, 0.717) is 56.8 Å². The van der Waals surface area contributed by atoms with Crippen molar-refractivity contribution in [3.63, 3.8) is 0 Å². The van der Waals surface area contributed by atoms with Crippen molar-refractivity contribution in [3.8, 4) is 0 Å². The number of fused-ring (bicyclic) bond motifs is 1. The Morgan fingerprint density at radius 1 is 0.893 bits per heavy atom. The van der Waals surface area contributed by atoms with Crippen LogP contribution in [0.1, 0.15) is 25.7 Å². The van der Waals surface area contributed by atoms with Crippen molar-refractivity contribution in [1.82, 2.24) is 9.21 Å². The van der Waals surface area contributed by atoms with E-state index >= 15 is 0 Å². The second kappa shape index (κ2) is 7.81. The first kappa shape index (κ1) is 19.4. The molecular formula is C21H26N2O4S. The fourth-order valence-electron chi connectivity index (χ4n) is 4.16. The summed E-state index contributed by atoms with van der Waals surface area (Å²) in [6.07, 6.45) is 2.04. The summed E-state index contributed by atoms with van der Waals surface area (Å²) >= 11 is 0. The third kappa shape index (κ3) is 3.79. The number of hydrogen-bond donors (Lipinski definition) is 1. The molecule has 0 radical (unpaired) electrons. The summed E-state index contributed by atoms with van der Waals surface area (Å²) in [5, 5.41) is 11.5. The minimum atomic E-state index is -3.56. The van der Waals surface area contributed by atoms with Crippen molar-refractivity contribution in [2.75, 3.05) is 26.2 Å². The Morgan fingerprint density at radius 3 is 2.21 bits per heavy atom. The van der Waals surface area contributed by atoms with Gasteiger partial charge in [-0.3, -0.25) is 4.79 Å². The molecule has 0 bridgehead atoms. The number of hydrogen-bond acceptors (Lipinski definition) is 4. The first-order valence-corrected chi connectivity index (χ1v) is 11.3. The van der Waals surface area contributed by atoms with Gasteiger partial charge in [0, 0.05) is 32.1 Å². The van der Waals surface area contributed by atoms with Crippen LogP contribution < -0.4 is 0 Å². The van der Waals surface area contributed by atoms with E-state index in [4.69, 9.17) is 0 Å². The highest BCUT2D eigenvalue weighted by Gasteiger charge is 2.34. The minimum Gasteiger partial charge on any atom is -0.393 e. The molecule has 28 heavy (non-hydrogen) atoms. The maximum absolute atomic E-state index is 13.0. The van der Waals surface area contributed by atoms with Gasteiger partial charge in [-0.1, -0.05) is 30.3 Å². The molecule has 0 aromatic heterocycles. The molecule has 2 fully saturated rings. The van der Waals surface area contributed by atoms with Crippen LogP contribution in [0, 0.1) is 5.92 Å². The van der Waals surface area contributed by atoms with Crippen LogP contribution in [-0.2, 0) is 14.8 Å². The van der Waals surface area contributed by atoms with Gasteiger partial charge in [0.1, 0.15) is 0 Å². The van der Waals surface area contributed by atoms with Gasteiger partial charge >= 0.3 is 0 Å². The summed E-state index contributed by atoms with van der Waals surface area (Å²) in [4.78, 5) is 14.8. The Bertz CT molecular complexity index is 959. The number of rotatable bonds is 3. The molecule has 1 N–H and O–H groups in total. The molecule has 0 atom stereocenters. The van der Waals surface area contributed by atoms with Gasteiger partial charge in [-0.25, -0.2) is 8.42 Å². The van der Waals surface area contributed by atoms with Gasteiger partial charge in [0.05, 0.1) is 11.0 Å². The lowest BCUT2D eigenvalue weighted by Crippen LogP contribution is -2.47. The molecule has 0 saturated carbocycles. The summed E-state index contributed by atoms with van der Waals surface area (Å²) in [6.45, 7) is 1.91. The highest BCUT2D eigenvalue weighted by molar-refractivity contribution is 7.89. The van der Waals surface area contributed by atoms with Crippen molar-refractivity contribution in [3.05, 3.63) is 42.5 Å². The van der Waals surface area contributed by atoms with Crippen LogP contribution in [0.3, 0.4) is 0 Å². The number of aliphatic hydroxyl groups is 1. The SMILES string of the molecule is O=C(C1CCN(S(=O)(=O)c2ccc3ccccc3c2)CC1)N1CCC(O)CC1. The number of aliphatic hydroxyl groups excluding tert-OH is 1. The predicted molar refractivity (Wildman–Crippen MR) is 107 cm³/mol. The molecule has 0 aliphatic carbocycles. The van der Waals surface area contributed by atoms with Crippen LogP contribution in [0.2, 0.25) is 0 Å². The number of sulfonamides is 1. The van der Waals surface area contributed by atoms with Crippen molar-refractivity contribution in [2.24, 2.45) is 5.92 Å². The van der Waals surface area contributed by atoms with E-state index in [0.717, 1.165) is 10.8 Å². The van der Waals surface area contributed by atoms with Crippen molar-refractivity contribution < 1.29 is 18.3 Å². The second-order valence-electron chi connectivity index (χ2n) is 7.74. The fraction of sp³-hybridized carbons (Fsp3) is 0.476. The lowest BCUT2D eigenvalue weighted by Gasteiger charge is -2.36. The van der Waals surface area contributed by atoms with Crippen molar-refractivity contribution in [1.29, 1.82) is 0 Å². The molecule has 2 aliphatic rings. The molecule has 7 heteroatoms. The molecule has 2 saturated heterocycles. The fourth-order valence-corrected chi connectivity index (χ4v) is 5.67. The largest absolute Gasteiger partial charge is 0.393 e. The number of benzene rings is 2. The lowest BCUT2D eigenvalue weighted by atomic mass is 9.95. The molecular weight excluding hydrogens is 376 g/mol. The lowest BCUT2D eigenvalue weighted by molar-refractivity contribution is -0.138. The Kier molecular flexibility index (Phi) is 5.40. The molecule has 2 heterocycles. The summed E-state index contributed by atoms with van der Waals surface area (Å²) in [7, 11) is -3.56. The maximum Gasteiger partial charge on any atom is 0.243 e. The molecule has 150 valence electrons. The molecule has 4 rings (SSSR count). The molecule has 6 nitrogen and oxygen atoms in total. The van der Waals surface area contributed by atoms with Crippen LogP contribution >= 0.6 is 0 Å². The summed E-state index contributed by atoms with van der Waals surface area (Å²) in [6, 6.07) is 12.9. The number of carbonyl (C=O) groups is 1. The van der Waals surface area contributed by atoms with E-state index in [9.17, 15) is 18.3 Å². The van der Waals surface area contributed by atoms with Gasteiger partial charge in [-0.15, -0.1) is 0 Å². The summed E-state index contributed by atoms with van der Waals surface area (Å²) < 4.78 is 27.6. The van der Waals surface area contributed by atoms with E-state index < -0.39 is 10.0 Å². The molecule has 0 unspecified atom stereocenters. The van der Waals surface area contributed by atoms with Crippen LogP contribution in [0.5, 0.6) is 0 Å². The monoisotopic (exact) mass is 402 g/mol. The number of piperidine rings is 2. The van der Waals surface area contributed by atoms with Gasteiger partial charge in [0.25, 0.3) is 0 Å². The Morgan fingerprint density at radius 2 is 1.54 bits per heavy atom. The van der Waals surface area contributed by atoms with Gasteiger partial charge < -0.3 is 10.0 Å². The van der Waals surface area contributed by atoms with Gasteiger partial charge in [-0.05, 0) is 48.6 Å². The highest BCUT2D eigenvalue weighted by atomic mass is 32.2. The third-order valence-corrected chi connectivity index (χ3v) is 7.83. The molecule has 2 aromatic carbocycles. The molecule has 1 amide bonds. The van der Waals surface area contributed by atoms with Gasteiger partial charge in [0.15, 0.2) is 0 Å². The zero-order valence-electron chi connectivity index (χ0n) is 15.8. The molecule has 2 aliphatic heterocycles. The highest BCUT2D eigenvalue weighted by Crippen LogP contribution is 2.27. The number of carbonyl (C=O) groups excluding carboxylic acids is 1. The van der Waals surface area contributed by atoms with Crippen LogP contribution in [0.25, 0.3) is 10.8 Å². The second-order valence-corrected chi connectivity index (χ2v) is 9.68.